The lowest BCUT2D eigenvalue weighted by atomic mass is 10.4. The number of aromatic nitrogens is 4. The van der Waals surface area contributed by atoms with Crippen molar-refractivity contribution in [1.29, 1.82) is 0 Å². The van der Waals surface area contributed by atoms with Gasteiger partial charge < -0.3 is 14.8 Å². The molecule has 0 bridgehead atoms. The summed E-state index contributed by atoms with van der Waals surface area (Å²) in [4.78, 5) is 10.3. The van der Waals surface area contributed by atoms with E-state index in [0.29, 0.717) is 37.0 Å². The highest BCUT2D eigenvalue weighted by Gasteiger charge is 2.23. The van der Waals surface area contributed by atoms with Gasteiger partial charge in [0.15, 0.2) is 5.82 Å². The molecule has 84 valence electrons. The van der Waals surface area contributed by atoms with Crippen molar-refractivity contribution in [2.75, 3.05) is 31.2 Å². The van der Waals surface area contributed by atoms with Crippen LogP contribution >= 0.6 is 0 Å². The van der Waals surface area contributed by atoms with Gasteiger partial charge in [0.2, 0.25) is 0 Å². The van der Waals surface area contributed by atoms with E-state index in [1.807, 2.05) is 4.90 Å². The first-order valence-electron chi connectivity index (χ1n) is 4.89. The summed E-state index contributed by atoms with van der Waals surface area (Å²) in [5.74, 6) is 0.546. The molecule has 0 spiro atoms. The normalized spacial score (nSPS) is 16.9. The molecule has 16 heavy (non-hydrogen) atoms. The van der Waals surface area contributed by atoms with Crippen molar-refractivity contribution in [3.63, 3.8) is 0 Å². The van der Waals surface area contributed by atoms with Crippen molar-refractivity contribution in [1.82, 2.24) is 15.1 Å². The highest BCUT2D eigenvalue weighted by molar-refractivity contribution is 5.78. The van der Waals surface area contributed by atoms with Gasteiger partial charge in [-0.1, -0.05) is 0 Å². The second-order valence-corrected chi connectivity index (χ2v) is 3.40. The van der Waals surface area contributed by atoms with Crippen molar-refractivity contribution in [2.45, 2.75) is 0 Å². The van der Waals surface area contributed by atoms with Gasteiger partial charge in [-0.3, -0.25) is 4.63 Å². The standard InChI is InChI=1S/C8H9N5O3/c14-13-6-7(11-16-13)9-5-10-8(6)12-1-3-15-4-2-12/h5H,1-4H2. The molecule has 1 saturated heterocycles. The summed E-state index contributed by atoms with van der Waals surface area (Å²) in [6, 6.07) is 0. The van der Waals surface area contributed by atoms with Crippen LogP contribution in [0.4, 0.5) is 5.82 Å². The molecular weight excluding hydrogens is 214 g/mol. The fourth-order valence-corrected chi connectivity index (χ4v) is 1.71. The van der Waals surface area contributed by atoms with Crippen LogP contribution in [0.15, 0.2) is 11.0 Å². The third kappa shape index (κ3) is 1.34. The quantitative estimate of drug-likeness (QED) is 0.578. The maximum atomic E-state index is 11.4. The van der Waals surface area contributed by atoms with Crippen LogP contribution in [0.5, 0.6) is 0 Å². The Morgan fingerprint density at radius 1 is 1.31 bits per heavy atom. The van der Waals surface area contributed by atoms with E-state index < -0.39 is 0 Å². The van der Waals surface area contributed by atoms with Crippen LogP contribution in [0.3, 0.4) is 0 Å². The molecule has 0 aromatic carbocycles. The van der Waals surface area contributed by atoms with Crippen molar-refractivity contribution in [3.05, 3.63) is 11.5 Å². The Hall–Kier alpha value is -1.96. The smallest absolute Gasteiger partial charge is 0.345 e. The van der Waals surface area contributed by atoms with Crippen LogP contribution in [0.1, 0.15) is 0 Å². The molecule has 8 heteroatoms. The molecule has 0 atom stereocenters. The summed E-state index contributed by atoms with van der Waals surface area (Å²) in [6.45, 7) is 2.62. The van der Waals surface area contributed by atoms with Crippen LogP contribution < -0.4 is 9.80 Å². The van der Waals surface area contributed by atoms with E-state index >= 15 is 0 Å². The van der Waals surface area contributed by atoms with Crippen LogP contribution in [-0.4, -0.2) is 41.4 Å². The Morgan fingerprint density at radius 3 is 2.94 bits per heavy atom. The maximum absolute atomic E-state index is 11.4. The van der Waals surface area contributed by atoms with Crippen molar-refractivity contribution in [2.24, 2.45) is 0 Å². The van der Waals surface area contributed by atoms with Gasteiger partial charge in [0.25, 0.3) is 5.52 Å². The van der Waals surface area contributed by atoms with Gasteiger partial charge in [-0.25, -0.2) is 4.98 Å². The number of morpholine rings is 1. The molecular formula is C8H9N5O3. The zero-order chi connectivity index (χ0) is 11.0. The zero-order valence-corrected chi connectivity index (χ0v) is 8.37. The van der Waals surface area contributed by atoms with Crippen LogP contribution in [0.25, 0.3) is 11.2 Å². The second-order valence-electron chi connectivity index (χ2n) is 3.40. The molecule has 1 aliphatic heterocycles. The highest BCUT2D eigenvalue weighted by Crippen LogP contribution is 2.18. The second kappa shape index (κ2) is 3.56. The predicted molar refractivity (Wildman–Crippen MR) is 51.6 cm³/mol. The van der Waals surface area contributed by atoms with E-state index in [4.69, 9.17) is 4.74 Å². The minimum absolute atomic E-state index is 0.268. The summed E-state index contributed by atoms with van der Waals surface area (Å²) < 4.78 is 9.73. The molecule has 8 nitrogen and oxygen atoms in total. The van der Waals surface area contributed by atoms with Gasteiger partial charge in [0, 0.05) is 13.1 Å². The summed E-state index contributed by atoms with van der Waals surface area (Å²) >= 11 is 0. The van der Waals surface area contributed by atoms with E-state index in [1.54, 1.807) is 0 Å². The number of ether oxygens (including phenoxy) is 1. The van der Waals surface area contributed by atoms with E-state index in [-0.39, 0.29) is 11.2 Å². The Labute approximate surface area is 90.0 Å². The molecule has 0 aliphatic carbocycles. The van der Waals surface area contributed by atoms with Gasteiger partial charge in [-0.2, -0.15) is 4.98 Å². The fourth-order valence-electron chi connectivity index (χ4n) is 1.71. The van der Waals surface area contributed by atoms with E-state index in [1.165, 1.54) is 6.33 Å². The summed E-state index contributed by atoms with van der Waals surface area (Å²) in [7, 11) is 0. The molecule has 1 aliphatic rings. The minimum Gasteiger partial charge on any atom is -0.378 e. The highest BCUT2D eigenvalue weighted by atomic mass is 16.8. The van der Waals surface area contributed by atoms with Crippen molar-refractivity contribution >= 4 is 17.0 Å². The summed E-state index contributed by atoms with van der Waals surface area (Å²) in [5.41, 5.74) is 0.538. The van der Waals surface area contributed by atoms with Crippen LogP contribution in [0, 0.1) is 5.21 Å². The third-order valence-electron chi connectivity index (χ3n) is 2.48. The lowest BCUT2D eigenvalue weighted by Crippen LogP contribution is -2.38. The molecule has 1 fully saturated rings. The SMILES string of the molecule is [O-][n+]1onc2ncnc(N3CCOCC3)c21. The van der Waals surface area contributed by atoms with Gasteiger partial charge in [-0.15, -0.1) is 0 Å². The van der Waals surface area contributed by atoms with Gasteiger partial charge >= 0.3 is 5.65 Å². The molecule has 0 saturated carbocycles. The Bertz CT molecular complexity index is 507. The molecule has 0 radical (unpaired) electrons. The van der Waals surface area contributed by atoms with Gasteiger partial charge in [0.1, 0.15) is 6.33 Å². The molecule has 0 unspecified atom stereocenters. The molecule has 0 N–H and O–H groups in total. The predicted octanol–water partition coefficient (Wildman–Crippen LogP) is -0.912. The molecule has 3 rings (SSSR count). The number of nitrogens with zero attached hydrogens (tertiary/aromatic N) is 5. The van der Waals surface area contributed by atoms with Gasteiger partial charge in [0.05, 0.1) is 18.4 Å². The minimum atomic E-state index is 0.268. The topological polar surface area (TPSA) is 91.2 Å². The van der Waals surface area contributed by atoms with Crippen molar-refractivity contribution < 1.29 is 14.3 Å². The fraction of sp³-hybridized carbons (Fsp3) is 0.500. The number of fused-ring (bicyclic) bond motifs is 1. The van der Waals surface area contributed by atoms with Crippen molar-refractivity contribution in [3.8, 4) is 0 Å². The summed E-state index contributed by atoms with van der Waals surface area (Å²) in [6.07, 6.45) is 1.37. The number of hydrogen-bond acceptors (Lipinski definition) is 7. The van der Waals surface area contributed by atoms with Crippen LogP contribution in [0.2, 0.25) is 0 Å². The third-order valence-corrected chi connectivity index (χ3v) is 2.48. The zero-order valence-electron chi connectivity index (χ0n) is 8.37. The van der Waals surface area contributed by atoms with Crippen LogP contribution in [-0.2, 0) is 4.74 Å². The average Bonchev–Trinajstić information content (AvgIpc) is 2.73. The largest absolute Gasteiger partial charge is 0.378 e. The number of rotatable bonds is 1. The Balaban J connectivity index is 2.10. The Kier molecular flexibility index (Phi) is 2.07. The number of anilines is 1. The van der Waals surface area contributed by atoms with E-state index in [0.717, 1.165) is 0 Å². The molecule has 2 aromatic heterocycles. The van der Waals surface area contributed by atoms with E-state index in [2.05, 4.69) is 19.8 Å². The lowest BCUT2D eigenvalue weighted by molar-refractivity contribution is -0.782. The lowest BCUT2D eigenvalue weighted by Gasteiger charge is -2.26. The molecule has 3 heterocycles. The average molecular weight is 223 g/mol. The number of hydrogen-bond donors (Lipinski definition) is 0. The maximum Gasteiger partial charge on any atom is 0.345 e. The van der Waals surface area contributed by atoms with Gasteiger partial charge in [-0.05, 0) is 4.90 Å². The first-order valence-corrected chi connectivity index (χ1v) is 4.89. The Morgan fingerprint density at radius 2 is 2.12 bits per heavy atom. The first-order chi connectivity index (χ1) is 7.86. The molecule has 2 aromatic rings. The summed E-state index contributed by atoms with van der Waals surface area (Å²) in [5, 5.41) is 14.9. The first kappa shape index (κ1) is 9.28. The van der Waals surface area contributed by atoms with E-state index in [9.17, 15) is 5.21 Å². The molecule has 0 amide bonds. The monoisotopic (exact) mass is 223 g/mol.